The Bertz CT molecular complexity index is 1230. The predicted octanol–water partition coefficient (Wildman–Crippen LogP) is 5.01. The van der Waals surface area contributed by atoms with Gasteiger partial charge in [0.15, 0.2) is 5.01 Å². The van der Waals surface area contributed by atoms with E-state index >= 15 is 0 Å². The Morgan fingerprint density at radius 2 is 1.97 bits per heavy atom. The summed E-state index contributed by atoms with van der Waals surface area (Å²) >= 11 is 6.53. The fraction of sp³-hybridized carbons (Fsp3) is 0.304. The van der Waals surface area contributed by atoms with Gasteiger partial charge in [0.05, 0.1) is 35.1 Å². The number of anilines is 1. The first-order chi connectivity index (χ1) is 16.4. The number of rotatable bonds is 3. The van der Waals surface area contributed by atoms with Crippen molar-refractivity contribution >= 4 is 45.7 Å². The first-order valence-electron chi connectivity index (χ1n) is 10.7. The number of amides is 1. The molecule has 11 heteroatoms. The molecule has 5 rings (SSSR count). The van der Waals surface area contributed by atoms with Gasteiger partial charge in [0, 0.05) is 13.1 Å². The summed E-state index contributed by atoms with van der Waals surface area (Å²) in [5.41, 5.74) is 6.88. The van der Waals surface area contributed by atoms with Crippen molar-refractivity contribution in [3.63, 3.8) is 0 Å². The van der Waals surface area contributed by atoms with Crippen LogP contribution in [0.4, 0.5) is 10.2 Å². The Labute approximate surface area is 205 Å². The molecular formula is C23H26ClFN6O2S. The molecule has 4 aromatic rings. The molecular weight excluding hydrogens is 479 g/mol. The average molecular weight is 505 g/mol. The average Bonchev–Trinajstić information content (AvgIpc) is 3.46. The summed E-state index contributed by atoms with van der Waals surface area (Å²) in [4.78, 5) is 25.6. The molecule has 0 saturated heterocycles. The summed E-state index contributed by atoms with van der Waals surface area (Å²) in [7, 11) is 1.79. The minimum absolute atomic E-state index is 0.0359. The van der Waals surface area contributed by atoms with E-state index in [-0.39, 0.29) is 16.9 Å². The fourth-order valence-electron chi connectivity index (χ4n) is 3.28. The van der Waals surface area contributed by atoms with Crippen LogP contribution >= 0.6 is 22.9 Å². The van der Waals surface area contributed by atoms with Crippen LogP contribution in [0.2, 0.25) is 4.34 Å². The molecule has 3 aromatic heterocycles. The second-order valence-corrected chi connectivity index (χ2v) is 9.19. The third-order valence-electron chi connectivity index (χ3n) is 5.02. The molecule has 1 aliphatic carbocycles. The molecule has 1 aliphatic rings. The van der Waals surface area contributed by atoms with Crippen LogP contribution < -0.4 is 11.1 Å². The van der Waals surface area contributed by atoms with Gasteiger partial charge < -0.3 is 21.1 Å². The number of aromatic nitrogens is 4. The largest absolute Gasteiger partial charge is 0.393 e. The van der Waals surface area contributed by atoms with Crippen LogP contribution in [0.3, 0.4) is 0 Å². The van der Waals surface area contributed by atoms with E-state index in [1.54, 1.807) is 31.4 Å². The maximum absolute atomic E-state index is 13.7. The number of hydrogen-bond acceptors (Lipinski definition) is 7. The molecule has 0 spiro atoms. The monoisotopic (exact) mass is 504 g/mol. The third-order valence-corrected chi connectivity index (χ3v) is 6.14. The number of pyridine rings is 1. The number of thiazole rings is 1. The highest BCUT2D eigenvalue weighted by atomic mass is 35.5. The molecule has 1 saturated carbocycles. The summed E-state index contributed by atoms with van der Waals surface area (Å²) in [5.74, 6) is 0.414. The van der Waals surface area contributed by atoms with E-state index in [2.05, 4.69) is 25.3 Å². The number of aliphatic hydroxyl groups is 1. The number of nitrogens with zero attached hydrogens (tertiary/aromatic N) is 3. The van der Waals surface area contributed by atoms with Crippen molar-refractivity contribution < 1.29 is 14.3 Å². The number of aromatic amines is 1. The fourth-order valence-corrected chi connectivity index (χ4v) is 4.04. The maximum Gasteiger partial charge on any atom is 0.277 e. The van der Waals surface area contributed by atoms with Gasteiger partial charge in [-0.25, -0.2) is 19.3 Å². The Morgan fingerprint density at radius 3 is 2.50 bits per heavy atom. The van der Waals surface area contributed by atoms with Crippen LogP contribution in [-0.2, 0) is 0 Å². The molecule has 1 amide bonds. The molecule has 34 heavy (non-hydrogen) atoms. The van der Waals surface area contributed by atoms with Crippen LogP contribution in [0.15, 0.2) is 42.7 Å². The second kappa shape index (κ2) is 12.4. The van der Waals surface area contributed by atoms with Crippen LogP contribution in [0.5, 0.6) is 0 Å². The molecule has 8 nitrogen and oxygen atoms in total. The Morgan fingerprint density at radius 1 is 1.24 bits per heavy atom. The standard InChI is InChI=1S/C13H11FN4.C6H12O.C4H3ClN2OS/c1-15-12-6-10-11(7-16-12)18-13(17-10)8-4-2-3-5-9(8)14;7-6-4-2-1-3-5-6;5-2-1-7-4(9-2)3(6)8/h2-7H,1H3,(H,15,16)(H,17,18);6-7H,1-5H2;1H,(H2,6,8). The van der Waals surface area contributed by atoms with E-state index in [4.69, 9.17) is 22.4 Å². The number of aliphatic hydroxyl groups excluding tert-OH is 1. The van der Waals surface area contributed by atoms with Gasteiger partial charge in [-0.2, -0.15) is 0 Å². The number of imidazole rings is 1. The van der Waals surface area contributed by atoms with Crippen LogP contribution in [0.1, 0.15) is 41.9 Å². The van der Waals surface area contributed by atoms with Gasteiger partial charge in [-0.3, -0.25) is 4.79 Å². The lowest BCUT2D eigenvalue weighted by Gasteiger charge is -2.14. The van der Waals surface area contributed by atoms with Crippen molar-refractivity contribution in [3.05, 3.63) is 57.9 Å². The molecule has 5 N–H and O–H groups in total. The smallest absolute Gasteiger partial charge is 0.277 e. The summed E-state index contributed by atoms with van der Waals surface area (Å²) in [6, 6.07) is 8.36. The van der Waals surface area contributed by atoms with Gasteiger partial charge in [-0.05, 0) is 25.0 Å². The molecule has 1 fully saturated rings. The number of benzene rings is 1. The first-order valence-corrected chi connectivity index (χ1v) is 11.9. The highest BCUT2D eigenvalue weighted by Gasteiger charge is 2.10. The number of nitrogens with one attached hydrogen (secondary N) is 2. The molecule has 0 radical (unpaired) electrons. The number of nitrogens with two attached hydrogens (primary N) is 1. The number of primary amides is 1. The molecule has 3 heterocycles. The minimum Gasteiger partial charge on any atom is -0.393 e. The second-order valence-electron chi connectivity index (χ2n) is 7.53. The summed E-state index contributed by atoms with van der Waals surface area (Å²) in [6.45, 7) is 0. The van der Waals surface area contributed by atoms with Gasteiger partial charge in [0.25, 0.3) is 5.91 Å². The van der Waals surface area contributed by atoms with Crippen molar-refractivity contribution in [3.8, 4) is 11.4 Å². The number of carbonyl (C=O) groups is 1. The summed E-state index contributed by atoms with van der Waals surface area (Å²) in [5, 5.41) is 12.1. The maximum atomic E-state index is 13.7. The van der Waals surface area contributed by atoms with E-state index in [0.29, 0.717) is 15.7 Å². The Balaban J connectivity index is 0.000000168. The highest BCUT2D eigenvalue weighted by Crippen LogP contribution is 2.23. The zero-order valence-corrected chi connectivity index (χ0v) is 20.2. The number of halogens is 2. The molecule has 0 bridgehead atoms. The highest BCUT2D eigenvalue weighted by molar-refractivity contribution is 7.17. The van der Waals surface area contributed by atoms with Crippen molar-refractivity contribution in [2.75, 3.05) is 12.4 Å². The Hall–Kier alpha value is -3.08. The van der Waals surface area contributed by atoms with Crippen LogP contribution in [0, 0.1) is 5.82 Å². The van der Waals surface area contributed by atoms with E-state index in [9.17, 15) is 9.18 Å². The minimum atomic E-state index is -0.535. The third kappa shape index (κ3) is 7.21. The number of fused-ring (bicyclic) bond motifs is 1. The van der Waals surface area contributed by atoms with E-state index < -0.39 is 5.91 Å². The zero-order chi connectivity index (χ0) is 24.5. The van der Waals surface area contributed by atoms with Crippen molar-refractivity contribution in [1.82, 2.24) is 19.9 Å². The van der Waals surface area contributed by atoms with Gasteiger partial charge in [0.2, 0.25) is 0 Å². The molecule has 0 atom stereocenters. The Kier molecular flexibility index (Phi) is 9.32. The summed E-state index contributed by atoms with van der Waals surface area (Å²) in [6.07, 6.45) is 9.00. The van der Waals surface area contributed by atoms with E-state index in [1.165, 1.54) is 31.5 Å². The van der Waals surface area contributed by atoms with Gasteiger partial charge in [-0.1, -0.05) is 54.3 Å². The topological polar surface area (TPSA) is 130 Å². The number of H-pyrrole nitrogens is 1. The van der Waals surface area contributed by atoms with Crippen molar-refractivity contribution in [1.29, 1.82) is 0 Å². The molecule has 1 aromatic carbocycles. The number of hydrogen-bond donors (Lipinski definition) is 4. The van der Waals surface area contributed by atoms with Gasteiger partial charge in [-0.15, -0.1) is 0 Å². The van der Waals surface area contributed by atoms with Crippen LogP contribution in [-0.4, -0.2) is 44.1 Å². The number of carbonyl (C=O) groups excluding carboxylic acids is 1. The quantitative estimate of drug-likeness (QED) is 0.310. The normalized spacial score (nSPS) is 13.4. The first kappa shape index (κ1) is 25.5. The lowest BCUT2D eigenvalue weighted by Crippen LogP contribution is -2.09. The lowest BCUT2D eigenvalue weighted by atomic mass is 9.98. The zero-order valence-electron chi connectivity index (χ0n) is 18.6. The molecule has 180 valence electrons. The van der Waals surface area contributed by atoms with E-state index in [0.717, 1.165) is 41.0 Å². The van der Waals surface area contributed by atoms with Crippen molar-refractivity contribution in [2.24, 2.45) is 5.73 Å². The van der Waals surface area contributed by atoms with E-state index in [1.807, 2.05) is 6.07 Å². The summed E-state index contributed by atoms with van der Waals surface area (Å²) < 4.78 is 14.1. The van der Waals surface area contributed by atoms with Gasteiger partial charge in [0.1, 0.15) is 21.8 Å². The van der Waals surface area contributed by atoms with Gasteiger partial charge >= 0.3 is 0 Å². The van der Waals surface area contributed by atoms with Crippen LogP contribution in [0.25, 0.3) is 22.4 Å². The lowest BCUT2D eigenvalue weighted by molar-refractivity contribution is 0.1000. The van der Waals surface area contributed by atoms with Crippen molar-refractivity contribution in [2.45, 2.75) is 38.2 Å². The SMILES string of the molecule is CNc1cc2nc(-c3ccccc3F)[nH]c2cn1.NC(=O)c1ncc(Cl)s1.OC1CCCCC1. The molecule has 0 aliphatic heterocycles. The molecule has 0 unspecified atom stereocenters. The predicted molar refractivity (Wildman–Crippen MR) is 134 cm³/mol.